The van der Waals surface area contributed by atoms with Crippen LogP contribution in [0.15, 0.2) is 24.3 Å². The molecule has 1 aromatic carbocycles. The molecule has 7 nitrogen and oxygen atoms in total. The number of hydrogen-bond acceptors (Lipinski definition) is 5. The Hall–Kier alpha value is -1.22. The van der Waals surface area contributed by atoms with Gasteiger partial charge in [-0.2, -0.15) is 5.23 Å². The van der Waals surface area contributed by atoms with Crippen LogP contribution in [0, 0.1) is 10.4 Å². The monoisotopic (exact) mass is 201 g/mol. The summed E-state index contributed by atoms with van der Waals surface area (Å²) < 4.78 is 0. The molecule has 0 saturated heterocycles. The minimum atomic E-state index is -1.13. The van der Waals surface area contributed by atoms with Crippen LogP contribution in [0.4, 0.5) is 5.69 Å². The van der Waals surface area contributed by atoms with Crippen LogP contribution in [-0.2, 0) is 0 Å². The highest BCUT2D eigenvalue weighted by molar-refractivity contribution is 5.44. The van der Waals surface area contributed by atoms with Crippen molar-refractivity contribution in [3.8, 4) is 5.75 Å². The molecule has 0 aliphatic rings. The second kappa shape index (κ2) is 4.86. The van der Waals surface area contributed by atoms with Gasteiger partial charge in [0.05, 0.1) is 0 Å². The maximum Gasteiger partial charge on any atom is 0.257 e. The van der Waals surface area contributed by atoms with Gasteiger partial charge in [0.15, 0.2) is 0 Å². The Morgan fingerprint density at radius 2 is 2.00 bits per heavy atom. The molecule has 0 aliphatic carbocycles. The minimum Gasteiger partial charge on any atom is -0.595 e. The molecule has 0 amide bonds. The third-order valence-corrected chi connectivity index (χ3v) is 1.52. The summed E-state index contributed by atoms with van der Waals surface area (Å²) in [5.74, 6) is 0.0272. The number of rotatable bonds is 4. The van der Waals surface area contributed by atoms with E-state index in [0.29, 0.717) is 0 Å². The van der Waals surface area contributed by atoms with E-state index >= 15 is 0 Å². The largest absolute Gasteiger partial charge is 0.595 e. The van der Waals surface area contributed by atoms with E-state index < -0.39 is 10.6 Å². The number of nitrogens with one attached hydrogen (secondary N) is 3. The molecule has 0 radical (unpaired) electrons. The molecule has 1 aromatic rings. The Balaban J connectivity index is 2.84. The van der Waals surface area contributed by atoms with E-state index in [1.807, 2.05) is 0 Å². The fourth-order valence-electron chi connectivity index (χ4n) is 0.883. The number of hydrogen-bond donors (Lipinski definition) is 4. The van der Waals surface area contributed by atoms with E-state index in [2.05, 4.69) is 5.43 Å². The second-order valence-electron chi connectivity index (χ2n) is 2.44. The Kier molecular flexibility index (Phi) is 3.77. The predicted octanol–water partition coefficient (Wildman–Crippen LogP) is -2.10. The lowest BCUT2D eigenvalue weighted by molar-refractivity contribution is -1.06. The summed E-state index contributed by atoms with van der Waals surface area (Å²) >= 11 is 0. The molecule has 0 spiro atoms. The van der Waals surface area contributed by atoms with Crippen LogP contribution < -0.4 is 20.8 Å². The summed E-state index contributed by atoms with van der Waals surface area (Å²) in [4.78, 5) is 4.73. The van der Waals surface area contributed by atoms with Crippen LogP contribution in [0.25, 0.3) is 0 Å². The lowest BCUT2D eigenvalue weighted by Gasteiger charge is -2.20. The predicted molar refractivity (Wildman–Crippen MR) is 46.2 cm³/mol. The summed E-state index contributed by atoms with van der Waals surface area (Å²) in [6.45, 7) is 0. The van der Waals surface area contributed by atoms with Crippen molar-refractivity contribution >= 4 is 5.69 Å². The zero-order valence-electron chi connectivity index (χ0n) is 7.48. The van der Waals surface area contributed by atoms with E-state index in [9.17, 15) is 10.4 Å². The highest BCUT2D eigenvalue weighted by atomic mass is 16.9. The van der Waals surface area contributed by atoms with Crippen LogP contribution in [0.1, 0.15) is 0 Å². The van der Waals surface area contributed by atoms with Gasteiger partial charge in [-0.05, 0) is 6.07 Å². The van der Waals surface area contributed by atoms with Gasteiger partial charge >= 0.3 is 0 Å². The summed E-state index contributed by atoms with van der Waals surface area (Å²) in [7, 11) is 1.39. The zero-order chi connectivity index (χ0) is 10.6. The van der Waals surface area contributed by atoms with Crippen molar-refractivity contribution in [2.45, 2.75) is 0 Å². The van der Waals surface area contributed by atoms with Gasteiger partial charge < -0.3 is 10.4 Å². The van der Waals surface area contributed by atoms with Gasteiger partial charge in [0.1, 0.15) is 0 Å². The van der Waals surface area contributed by atoms with Crippen molar-refractivity contribution in [2.75, 3.05) is 7.05 Å². The molecule has 7 heteroatoms. The molecule has 2 atom stereocenters. The Bertz CT molecular complexity index is 294. The minimum absolute atomic E-state index is 0.0272. The molecule has 14 heavy (non-hydrogen) atoms. The fraction of sp³-hybridized carbons (Fsp3) is 0.143. The Morgan fingerprint density at radius 1 is 1.36 bits per heavy atom. The summed E-state index contributed by atoms with van der Waals surface area (Å²) in [5.41, 5.74) is 2.18. The van der Waals surface area contributed by atoms with Gasteiger partial charge in [-0.3, -0.25) is 4.84 Å². The SMILES string of the molecule is CN[NH+]([O-])Oc1ccccc1[NH+]([O-])O. The molecule has 0 fully saturated rings. The first kappa shape index (κ1) is 10.9. The Morgan fingerprint density at radius 3 is 2.57 bits per heavy atom. The third kappa shape index (κ3) is 2.64. The maximum absolute atomic E-state index is 10.8. The van der Waals surface area contributed by atoms with Crippen LogP contribution in [0.3, 0.4) is 0 Å². The van der Waals surface area contributed by atoms with E-state index in [4.69, 9.17) is 10.0 Å². The highest BCUT2D eigenvalue weighted by Gasteiger charge is 2.12. The first-order chi connectivity index (χ1) is 6.65. The lowest BCUT2D eigenvalue weighted by Crippen LogP contribution is -3.15. The number of quaternary nitrogens is 2. The van der Waals surface area contributed by atoms with Gasteiger partial charge in [0.2, 0.25) is 5.69 Å². The average Bonchev–Trinajstić information content (AvgIpc) is 2.18. The summed E-state index contributed by atoms with van der Waals surface area (Å²) in [6.07, 6.45) is 0. The molecule has 4 N–H and O–H groups in total. The van der Waals surface area contributed by atoms with Crippen molar-refractivity contribution in [1.82, 2.24) is 5.43 Å². The molecule has 78 valence electrons. The fourth-order valence-corrected chi connectivity index (χ4v) is 0.883. The van der Waals surface area contributed by atoms with Crippen LogP contribution >= 0.6 is 0 Å². The lowest BCUT2D eigenvalue weighted by atomic mass is 10.3. The van der Waals surface area contributed by atoms with Gasteiger partial charge in [-0.15, -0.1) is 10.8 Å². The average molecular weight is 201 g/mol. The molecular formula is C7H11N3O4. The normalized spacial score (nSPS) is 14.9. The van der Waals surface area contributed by atoms with E-state index in [1.54, 1.807) is 12.1 Å². The van der Waals surface area contributed by atoms with Crippen molar-refractivity contribution in [2.24, 2.45) is 0 Å². The molecule has 0 aromatic heterocycles. The van der Waals surface area contributed by atoms with Crippen LogP contribution in [0.5, 0.6) is 5.75 Å². The quantitative estimate of drug-likeness (QED) is 0.418. The molecule has 2 unspecified atom stereocenters. The summed E-state index contributed by atoms with van der Waals surface area (Å²) in [6, 6.07) is 5.92. The molecule has 0 heterocycles. The van der Waals surface area contributed by atoms with Crippen molar-refractivity contribution in [1.29, 1.82) is 0 Å². The topological polar surface area (TPSA) is 96.5 Å². The van der Waals surface area contributed by atoms with E-state index in [-0.39, 0.29) is 11.4 Å². The van der Waals surface area contributed by atoms with Gasteiger partial charge in [0, 0.05) is 13.1 Å². The molecule has 0 aliphatic heterocycles. The number of para-hydroxylation sites is 2. The van der Waals surface area contributed by atoms with Gasteiger partial charge in [0.25, 0.3) is 5.75 Å². The molecule has 0 bridgehead atoms. The smallest absolute Gasteiger partial charge is 0.257 e. The third-order valence-electron chi connectivity index (χ3n) is 1.52. The molecule has 0 saturated carbocycles. The van der Waals surface area contributed by atoms with E-state index in [1.165, 1.54) is 19.2 Å². The first-order valence-corrected chi connectivity index (χ1v) is 3.87. The molecular weight excluding hydrogens is 190 g/mol. The second-order valence-corrected chi connectivity index (χ2v) is 2.44. The number of benzene rings is 1. The van der Waals surface area contributed by atoms with Crippen LogP contribution in [-0.4, -0.2) is 12.3 Å². The Labute approximate surface area is 80.1 Å². The first-order valence-electron chi connectivity index (χ1n) is 3.87. The van der Waals surface area contributed by atoms with Crippen molar-refractivity contribution in [3.05, 3.63) is 34.7 Å². The summed E-state index contributed by atoms with van der Waals surface area (Å²) in [5, 5.41) is 28.4. The standard InChI is InChI=1S/C7H11N3O4/c1-8-10(13)14-7-5-3-2-4-6(7)9(11)12/h2-5,8-11H,1H3. The van der Waals surface area contributed by atoms with Gasteiger partial charge in [-0.1, -0.05) is 12.1 Å². The van der Waals surface area contributed by atoms with Crippen molar-refractivity contribution < 1.29 is 20.6 Å². The van der Waals surface area contributed by atoms with E-state index in [0.717, 1.165) is 0 Å². The molecule has 1 rings (SSSR count). The maximum atomic E-state index is 10.8. The van der Waals surface area contributed by atoms with Gasteiger partial charge in [-0.25, -0.2) is 5.21 Å². The zero-order valence-corrected chi connectivity index (χ0v) is 7.48. The van der Waals surface area contributed by atoms with Crippen molar-refractivity contribution in [3.63, 3.8) is 0 Å². The highest BCUT2D eigenvalue weighted by Crippen LogP contribution is 2.17. The van der Waals surface area contributed by atoms with Crippen LogP contribution in [0.2, 0.25) is 0 Å².